The predicted octanol–water partition coefficient (Wildman–Crippen LogP) is 11.0. The molecule has 1 aromatic carbocycles. The molecule has 59 heavy (non-hydrogen) atoms. The zero-order chi connectivity index (χ0) is 41.5. The van der Waals surface area contributed by atoms with Gasteiger partial charge in [-0.2, -0.15) is 17.9 Å². The maximum atomic E-state index is 12.8. The number of nitrogens with zero attached hydrogens (tertiary/aromatic N) is 7. The van der Waals surface area contributed by atoms with Crippen LogP contribution in [0.3, 0.4) is 0 Å². The molecule has 4 bridgehead atoms. The third-order valence-electron chi connectivity index (χ3n) is 12.8. The van der Waals surface area contributed by atoms with Crippen LogP contribution in [0.4, 0.5) is 22.6 Å². The Balaban J connectivity index is 0.000000790. The van der Waals surface area contributed by atoms with Gasteiger partial charge in [-0.15, -0.1) is 10.2 Å². The molecule has 321 valence electrons. The standard InChI is InChI=1S/C41H47N8O2S.C3H7O.CH3.HI.Ni/c1-6-15-40-19-38(4)18-39(5,20-40)22-41(21-38,23-40)24-49-26(3)29(17-42-49)28-13-14-32(44-33(28)36(50)51)48-16-9-10-27-25(2)34(46-47-35(27)48)45-37-43-30-11-7-8-12-31(30)52-37;1-2-3-4;;;/h7-8,11-14,17H,1,6,9-10,15-16,18-24H2,2-5H3,(H,50,51)(H,43,45,46);4H,1-3H2;1H3;1H;/q3*-1;;+1/p-1. The van der Waals surface area contributed by atoms with Gasteiger partial charge in [-0.25, -0.2) is 14.8 Å². The van der Waals surface area contributed by atoms with Gasteiger partial charge in [0.2, 0.25) is 0 Å². The van der Waals surface area contributed by atoms with Gasteiger partial charge in [0, 0.05) is 47.6 Å². The number of aromatic nitrogens is 6. The Morgan fingerprint density at radius 3 is 2.31 bits per heavy atom. The van der Waals surface area contributed by atoms with Crippen LogP contribution in [0.1, 0.15) is 105 Å². The summed E-state index contributed by atoms with van der Waals surface area (Å²) in [6.07, 6.45) is 14.1. The van der Waals surface area contributed by atoms with E-state index in [2.05, 4.69) is 80.1 Å². The third-order valence-corrected chi connectivity index (χ3v) is 13.8. The molecule has 5 aliphatic rings. The van der Waals surface area contributed by atoms with E-state index < -0.39 is 5.97 Å². The topological polar surface area (TPSA) is 142 Å². The minimum absolute atomic E-state index is 0. The average molecular weight is 976 g/mol. The summed E-state index contributed by atoms with van der Waals surface area (Å²) in [5.74, 6) is 0.888. The second kappa shape index (κ2) is 18.0. The van der Waals surface area contributed by atoms with Crippen LogP contribution in [-0.4, -0.2) is 59.3 Å². The first-order valence-corrected chi connectivity index (χ1v) is 24.2. The molecule has 5 heterocycles. The fraction of sp³-hybridized carbons (Fsp3) is 0.489. The van der Waals surface area contributed by atoms with Crippen LogP contribution in [0.25, 0.3) is 21.3 Å². The molecule has 4 saturated carbocycles. The first kappa shape index (κ1) is 45.3. The van der Waals surface area contributed by atoms with E-state index in [1.807, 2.05) is 41.4 Å². The van der Waals surface area contributed by atoms with Gasteiger partial charge in [0.25, 0.3) is 0 Å². The zero-order valence-electron chi connectivity index (χ0n) is 34.9. The van der Waals surface area contributed by atoms with Crippen LogP contribution >= 0.6 is 31.8 Å². The van der Waals surface area contributed by atoms with Crippen molar-refractivity contribution in [3.63, 3.8) is 0 Å². The first-order chi connectivity index (χ1) is 27.8. The molecule has 4 fully saturated rings. The molecule has 10 rings (SSSR count). The zero-order valence-corrected chi connectivity index (χ0v) is 38.9. The van der Waals surface area contributed by atoms with Crippen molar-refractivity contribution in [2.45, 2.75) is 105 Å². The molecule has 2 atom stereocenters. The summed E-state index contributed by atoms with van der Waals surface area (Å²) in [6.45, 7) is 18.6. The van der Waals surface area contributed by atoms with Gasteiger partial charge in [0.1, 0.15) is 5.82 Å². The number of aliphatic hydroxyl groups excluding tert-OH is 1. The predicted molar refractivity (Wildman–Crippen MR) is 243 cm³/mol. The van der Waals surface area contributed by atoms with Crippen LogP contribution in [-0.2, 0) is 25.2 Å². The summed E-state index contributed by atoms with van der Waals surface area (Å²) in [4.78, 5) is 24.3. The van der Waals surface area contributed by atoms with E-state index in [0.29, 0.717) is 52.2 Å². The second-order valence-corrected chi connectivity index (χ2v) is 18.9. The molecule has 4 aromatic heterocycles. The average Bonchev–Trinajstić information content (AvgIpc) is 3.76. The monoisotopic (exact) mass is 974 g/mol. The molecule has 2 unspecified atom stereocenters. The van der Waals surface area contributed by atoms with E-state index in [1.54, 1.807) is 31.8 Å². The summed E-state index contributed by atoms with van der Waals surface area (Å²) < 4.78 is 3.27. The number of para-hydroxylation sites is 1. The van der Waals surface area contributed by atoms with Crippen molar-refractivity contribution in [1.29, 1.82) is 0 Å². The van der Waals surface area contributed by atoms with Gasteiger partial charge in [0.15, 0.2) is 22.5 Å². The van der Waals surface area contributed by atoms with Crippen molar-refractivity contribution >= 4 is 70.6 Å². The number of nitrogens with one attached hydrogen (secondary N) is 1. The fourth-order valence-electron chi connectivity index (χ4n) is 12.1. The number of rotatable bonds is 10. The molecular formula is C45H57IN8NiO3S-3. The van der Waals surface area contributed by atoms with Crippen LogP contribution < -0.4 is 10.2 Å². The molecule has 0 spiro atoms. The van der Waals surface area contributed by atoms with E-state index >= 15 is 0 Å². The summed E-state index contributed by atoms with van der Waals surface area (Å²) in [5, 5.41) is 36.6. The van der Waals surface area contributed by atoms with Crippen LogP contribution in [0, 0.1) is 56.8 Å². The van der Waals surface area contributed by atoms with Gasteiger partial charge in [-0.05, 0) is 111 Å². The molecule has 14 heteroatoms. The van der Waals surface area contributed by atoms with E-state index in [4.69, 9.17) is 20.2 Å². The second-order valence-electron chi connectivity index (χ2n) is 17.9. The molecule has 0 radical (unpaired) electrons. The Bertz CT molecular complexity index is 2240. The van der Waals surface area contributed by atoms with Gasteiger partial charge >= 0.3 is 38.7 Å². The minimum atomic E-state index is -1.06. The number of thiazole rings is 1. The number of carbonyl (C=O) groups is 1. The van der Waals surface area contributed by atoms with E-state index in [0.717, 1.165) is 63.5 Å². The normalized spacial score (nSPS) is 25.0. The Kier molecular flexibility index (Phi) is 13.9. The molecule has 5 aromatic rings. The van der Waals surface area contributed by atoms with Crippen LogP contribution in [0.15, 0.2) is 42.6 Å². The van der Waals surface area contributed by atoms with Gasteiger partial charge in [-0.1, -0.05) is 43.7 Å². The Hall–Kier alpha value is -3.20. The third kappa shape index (κ3) is 8.93. The van der Waals surface area contributed by atoms with Crippen molar-refractivity contribution in [3.05, 3.63) is 86.4 Å². The Labute approximate surface area is 372 Å². The summed E-state index contributed by atoms with van der Waals surface area (Å²) in [6, 6.07) is 11.9. The number of aromatic carboxylic acids is 1. The van der Waals surface area contributed by atoms with E-state index in [-0.39, 0.29) is 25.1 Å². The number of fused-ring (bicyclic) bond motifs is 2. The van der Waals surface area contributed by atoms with E-state index in [9.17, 15) is 9.90 Å². The summed E-state index contributed by atoms with van der Waals surface area (Å²) >= 11 is 7.20. The Morgan fingerprint density at radius 1 is 0.949 bits per heavy atom. The number of carboxylic acids is 1. The first-order valence-electron chi connectivity index (χ1n) is 20.2. The molecular weight excluding hydrogens is 918 g/mol. The van der Waals surface area contributed by atoms with E-state index in [1.165, 1.54) is 44.9 Å². The Morgan fingerprint density at radius 2 is 1.64 bits per heavy atom. The molecule has 0 amide bonds. The van der Waals surface area contributed by atoms with Crippen LogP contribution in [0.2, 0.25) is 0 Å². The molecule has 1 aliphatic heterocycles. The SMILES string of the molecule is [CH2-]CCC12CC3(C)CC(C)(C1)CC(Cn1ncc(-c4ccc(N5CCCc6c5nnc(Nc5nc7ccccc7s5)c6C)nc4C(=O)O)c1C)(C3)C2.[CH2-]CCO.[CH3-].[Ni][I]. The number of aliphatic hydroxyl groups is 1. The van der Waals surface area contributed by atoms with Crippen molar-refractivity contribution in [3.8, 4) is 11.1 Å². The quantitative estimate of drug-likeness (QED) is 0.0703. The van der Waals surface area contributed by atoms with Crippen molar-refractivity contribution < 1.29 is 27.3 Å². The number of hydrogen-bond donors (Lipinski definition) is 3. The number of carboxylic acid groups (broad SMARTS) is 1. The summed E-state index contributed by atoms with van der Waals surface area (Å²) in [5.41, 5.74) is 6.77. The van der Waals surface area contributed by atoms with Gasteiger partial charge in [-0.3, -0.25) is 4.68 Å². The molecule has 0 saturated heterocycles. The molecule has 4 aliphatic carbocycles. The molecule has 3 N–H and O–H groups in total. The van der Waals surface area contributed by atoms with Gasteiger partial charge < -0.3 is 41.7 Å². The van der Waals surface area contributed by atoms with Crippen molar-refractivity contribution in [2.24, 2.45) is 21.7 Å². The van der Waals surface area contributed by atoms with Crippen molar-refractivity contribution in [2.75, 3.05) is 23.4 Å². The van der Waals surface area contributed by atoms with Crippen LogP contribution in [0.5, 0.6) is 0 Å². The number of hydrogen-bond acceptors (Lipinski definition) is 10. The number of benzene rings is 1. The van der Waals surface area contributed by atoms with Gasteiger partial charge in [0.05, 0.1) is 16.4 Å². The van der Waals surface area contributed by atoms with Crippen molar-refractivity contribution in [1.82, 2.24) is 29.9 Å². The maximum absolute atomic E-state index is 12.8. The number of pyridine rings is 1. The fourth-order valence-corrected chi connectivity index (χ4v) is 13.0. The number of halogens is 1. The summed E-state index contributed by atoms with van der Waals surface area (Å²) in [7, 11) is 0. The number of anilines is 4. The molecule has 11 nitrogen and oxygen atoms in total.